The zero-order chi connectivity index (χ0) is 13.3. The van der Waals surface area contributed by atoms with Gasteiger partial charge in [-0.25, -0.2) is 0 Å². The number of hydrogen-bond donors (Lipinski definition) is 1. The first-order valence-corrected chi connectivity index (χ1v) is 6.48. The van der Waals surface area contributed by atoms with Crippen LogP contribution in [-0.4, -0.2) is 10.5 Å². The molecule has 0 fully saturated rings. The number of carbonyl (C=O) groups excluding carboxylic acids is 1. The summed E-state index contributed by atoms with van der Waals surface area (Å²) in [5.41, 5.74) is 3.59. The molecular weight excluding hydrogens is 292 g/mol. The Morgan fingerprint density at radius 3 is 2.50 bits per heavy atom. The van der Waals surface area contributed by atoms with Crippen molar-refractivity contribution in [3.05, 3.63) is 51.8 Å². The Bertz CT molecular complexity index is 602. The predicted molar refractivity (Wildman–Crippen MR) is 77.0 cm³/mol. The molecule has 1 heterocycles. The Balaban J connectivity index is 2.24. The highest BCUT2D eigenvalue weighted by atomic mass is 79.9. The van der Waals surface area contributed by atoms with E-state index in [1.54, 1.807) is 0 Å². The van der Waals surface area contributed by atoms with Crippen LogP contribution in [0.1, 0.15) is 21.7 Å². The monoisotopic (exact) mass is 306 g/mol. The molecule has 2 rings (SSSR count). The summed E-state index contributed by atoms with van der Waals surface area (Å²) < 4.78 is 2.89. The second-order valence-electron chi connectivity index (χ2n) is 4.33. The van der Waals surface area contributed by atoms with Crippen LogP contribution in [0.2, 0.25) is 0 Å². The minimum atomic E-state index is -0.0870. The summed E-state index contributed by atoms with van der Waals surface area (Å²) in [5.74, 6) is -0.0870. The molecule has 94 valence electrons. The molecule has 0 bridgehead atoms. The maximum Gasteiger partial charge on any atom is 0.272 e. The first kappa shape index (κ1) is 12.9. The molecule has 0 aliphatic rings. The Kier molecular flexibility index (Phi) is 3.57. The van der Waals surface area contributed by atoms with Gasteiger partial charge < -0.3 is 9.88 Å². The van der Waals surface area contributed by atoms with Gasteiger partial charge in [-0.15, -0.1) is 0 Å². The summed E-state index contributed by atoms with van der Waals surface area (Å²) in [7, 11) is 1.89. The van der Waals surface area contributed by atoms with Crippen molar-refractivity contribution in [3.8, 4) is 0 Å². The molecule has 0 saturated heterocycles. The molecule has 0 spiro atoms. The molecule has 0 aliphatic carbocycles. The fraction of sp³-hybridized carbons (Fsp3) is 0.214. The van der Waals surface area contributed by atoms with Gasteiger partial charge in [0.1, 0.15) is 5.69 Å². The van der Waals surface area contributed by atoms with Gasteiger partial charge in [0.05, 0.1) is 0 Å². The molecule has 0 radical (unpaired) electrons. The highest BCUT2D eigenvalue weighted by Crippen LogP contribution is 2.20. The normalized spacial score (nSPS) is 10.4. The van der Waals surface area contributed by atoms with Gasteiger partial charge in [0.15, 0.2) is 0 Å². The maximum absolute atomic E-state index is 12.1. The molecule has 1 N–H and O–H groups in total. The lowest BCUT2D eigenvalue weighted by Gasteiger charge is -2.09. The van der Waals surface area contributed by atoms with Crippen LogP contribution in [0.25, 0.3) is 0 Å². The molecule has 0 saturated carbocycles. The third-order valence-electron chi connectivity index (χ3n) is 3.04. The molecule has 2 aromatic rings. The number of aryl methyl sites for hydroxylation is 2. The van der Waals surface area contributed by atoms with Crippen molar-refractivity contribution < 1.29 is 4.79 Å². The summed E-state index contributed by atoms with van der Waals surface area (Å²) in [6.45, 7) is 3.94. The van der Waals surface area contributed by atoms with E-state index in [0.29, 0.717) is 5.69 Å². The molecular formula is C14H15BrN2O. The van der Waals surface area contributed by atoms with E-state index >= 15 is 0 Å². The van der Waals surface area contributed by atoms with Gasteiger partial charge in [0, 0.05) is 22.9 Å². The van der Waals surface area contributed by atoms with Gasteiger partial charge in [0.25, 0.3) is 5.91 Å². The molecule has 1 aromatic heterocycles. The fourth-order valence-corrected chi connectivity index (χ4v) is 2.27. The second-order valence-corrected chi connectivity index (χ2v) is 5.25. The number of amides is 1. The lowest BCUT2D eigenvalue weighted by molar-refractivity contribution is 0.101. The third kappa shape index (κ3) is 2.48. The van der Waals surface area contributed by atoms with Crippen LogP contribution < -0.4 is 5.32 Å². The number of benzene rings is 1. The van der Waals surface area contributed by atoms with Crippen LogP contribution in [0, 0.1) is 13.8 Å². The number of anilines is 1. The van der Waals surface area contributed by atoms with E-state index in [1.807, 2.05) is 55.8 Å². The van der Waals surface area contributed by atoms with Crippen molar-refractivity contribution in [1.82, 2.24) is 4.57 Å². The standard InChI is InChI=1S/C14H15BrN2O/c1-9-8-11(15)5-6-12(9)16-14(18)13-7-4-10(2)17(13)3/h4-8H,1-3H3,(H,16,18). The summed E-state index contributed by atoms with van der Waals surface area (Å²) in [4.78, 5) is 12.1. The van der Waals surface area contributed by atoms with Crippen molar-refractivity contribution in [1.29, 1.82) is 0 Å². The zero-order valence-electron chi connectivity index (χ0n) is 10.6. The third-order valence-corrected chi connectivity index (χ3v) is 3.54. The number of carbonyl (C=O) groups is 1. The van der Waals surface area contributed by atoms with Gasteiger partial charge in [-0.2, -0.15) is 0 Å². The van der Waals surface area contributed by atoms with Gasteiger partial charge in [-0.1, -0.05) is 15.9 Å². The number of aromatic nitrogens is 1. The van der Waals surface area contributed by atoms with E-state index in [9.17, 15) is 4.79 Å². The molecule has 0 atom stereocenters. The SMILES string of the molecule is Cc1cc(Br)ccc1NC(=O)c1ccc(C)n1C. The predicted octanol–water partition coefficient (Wildman–Crippen LogP) is 3.66. The van der Waals surface area contributed by atoms with Crippen LogP contribution in [0.15, 0.2) is 34.8 Å². The van der Waals surface area contributed by atoms with Crippen LogP contribution in [0.4, 0.5) is 5.69 Å². The smallest absolute Gasteiger partial charge is 0.272 e. The van der Waals surface area contributed by atoms with Gasteiger partial charge >= 0.3 is 0 Å². The molecule has 3 nitrogen and oxygen atoms in total. The highest BCUT2D eigenvalue weighted by molar-refractivity contribution is 9.10. The fourth-order valence-electron chi connectivity index (χ4n) is 1.79. The van der Waals surface area contributed by atoms with E-state index in [0.717, 1.165) is 21.4 Å². The molecule has 18 heavy (non-hydrogen) atoms. The van der Waals surface area contributed by atoms with Gasteiger partial charge in [-0.3, -0.25) is 4.79 Å². The number of rotatable bonds is 2. The van der Waals surface area contributed by atoms with E-state index < -0.39 is 0 Å². The second kappa shape index (κ2) is 4.98. The Hall–Kier alpha value is -1.55. The lowest BCUT2D eigenvalue weighted by Crippen LogP contribution is -2.16. The van der Waals surface area contributed by atoms with E-state index in [4.69, 9.17) is 0 Å². The van der Waals surface area contributed by atoms with Gasteiger partial charge in [0.2, 0.25) is 0 Å². The summed E-state index contributed by atoms with van der Waals surface area (Å²) in [6, 6.07) is 9.56. The summed E-state index contributed by atoms with van der Waals surface area (Å²) in [5, 5.41) is 2.93. The number of nitrogens with zero attached hydrogens (tertiary/aromatic N) is 1. The highest BCUT2D eigenvalue weighted by Gasteiger charge is 2.11. The van der Waals surface area contributed by atoms with Crippen LogP contribution in [0.3, 0.4) is 0 Å². The average Bonchev–Trinajstić information content (AvgIpc) is 2.64. The average molecular weight is 307 g/mol. The van der Waals surface area contributed by atoms with E-state index in [1.165, 1.54) is 0 Å². The van der Waals surface area contributed by atoms with Crippen LogP contribution in [0.5, 0.6) is 0 Å². The van der Waals surface area contributed by atoms with Crippen LogP contribution >= 0.6 is 15.9 Å². The molecule has 1 amide bonds. The van der Waals surface area contributed by atoms with Crippen molar-refractivity contribution in [3.63, 3.8) is 0 Å². The van der Waals surface area contributed by atoms with Crippen molar-refractivity contribution in [2.75, 3.05) is 5.32 Å². The van der Waals surface area contributed by atoms with Crippen LogP contribution in [-0.2, 0) is 7.05 Å². The number of halogens is 1. The Morgan fingerprint density at radius 2 is 1.94 bits per heavy atom. The van der Waals surface area contributed by atoms with Gasteiger partial charge in [-0.05, 0) is 49.7 Å². The van der Waals surface area contributed by atoms with E-state index in [2.05, 4.69) is 21.2 Å². The number of hydrogen-bond acceptors (Lipinski definition) is 1. The van der Waals surface area contributed by atoms with Crippen molar-refractivity contribution >= 4 is 27.5 Å². The Morgan fingerprint density at radius 1 is 1.22 bits per heavy atom. The molecule has 0 unspecified atom stereocenters. The van der Waals surface area contributed by atoms with Crippen molar-refractivity contribution in [2.24, 2.45) is 7.05 Å². The molecule has 0 aliphatic heterocycles. The zero-order valence-corrected chi connectivity index (χ0v) is 12.2. The lowest BCUT2D eigenvalue weighted by atomic mass is 10.2. The molecule has 4 heteroatoms. The van der Waals surface area contributed by atoms with E-state index in [-0.39, 0.29) is 5.91 Å². The van der Waals surface area contributed by atoms with Crippen molar-refractivity contribution in [2.45, 2.75) is 13.8 Å². The summed E-state index contributed by atoms with van der Waals surface area (Å²) >= 11 is 3.41. The first-order valence-electron chi connectivity index (χ1n) is 5.69. The summed E-state index contributed by atoms with van der Waals surface area (Å²) in [6.07, 6.45) is 0. The first-order chi connectivity index (χ1) is 8.49. The minimum absolute atomic E-state index is 0.0870. The Labute approximate surface area is 115 Å². The largest absolute Gasteiger partial charge is 0.344 e. The number of nitrogens with one attached hydrogen (secondary N) is 1. The maximum atomic E-state index is 12.1. The minimum Gasteiger partial charge on any atom is -0.344 e. The quantitative estimate of drug-likeness (QED) is 0.902. The molecule has 1 aromatic carbocycles. The topological polar surface area (TPSA) is 34.0 Å².